The summed E-state index contributed by atoms with van der Waals surface area (Å²) in [5.41, 5.74) is 16.7. The van der Waals surface area contributed by atoms with E-state index >= 15 is 0 Å². The molecule has 12 rings (SSSR count). The summed E-state index contributed by atoms with van der Waals surface area (Å²) in [6.07, 6.45) is 0. The van der Waals surface area contributed by atoms with Crippen LogP contribution >= 0.6 is 0 Å². The van der Waals surface area contributed by atoms with Gasteiger partial charge in [0.05, 0.1) is 5.41 Å². The van der Waals surface area contributed by atoms with E-state index in [-0.39, 0.29) is 0 Å². The lowest BCUT2D eigenvalue weighted by molar-refractivity contribution is 0.669. The van der Waals surface area contributed by atoms with Gasteiger partial charge in [-0.1, -0.05) is 158 Å². The van der Waals surface area contributed by atoms with Gasteiger partial charge in [-0.05, 0) is 86.0 Å². The summed E-state index contributed by atoms with van der Waals surface area (Å²) < 4.78 is 6.16. The Kier molecular flexibility index (Phi) is 6.52. The zero-order valence-corrected chi connectivity index (χ0v) is 30.1. The number of hydrogen-bond acceptors (Lipinski definition) is 4. The molecule has 10 aromatic rings. The molecule has 0 N–H and O–H groups in total. The number of furan rings is 1. The predicted octanol–water partition coefficient (Wildman–Crippen LogP) is 12.8. The molecule has 0 saturated carbocycles. The minimum atomic E-state index is -0.456. The standard InChI is InChI=1S/C52H31N3O/c1-2-14-32(15-3-1)49-53-50(55-51(54-49)35-28-29-47-42(31-35)40-21-7-11-27-46(40)56-47)34-17-12-16-33(30-34)36-22-13-23-41-39-20-6-10-26-45(39)52(48(36)41)43-24-8-4-18-37(43)38-19-5-9-25-44(38)52/h1-31H. The molecule has 0 saturated heterocycles. The number of fused-ring (bicyclic) bond motifs is 13. The number of rotatable bonds is 4. The SMILES string of the molecule is c1ccc(-c2nc(-c3cccc(-c4cccc5c4C4(c6ccccc6-c6ccccc64)c4ccccc4-5)c3)nc(-c3ccc4oc5ccccc5c4c3)n2)cc1. The van der Waals surface area contributed by atoms with Gasteiger partial charge in [0.1, 0.15) is 11.2 Å². The van der Waals surface area contributed by atoms with Crippen molar-refractivity contribution in [3.05, 3.63) is 210 Å². The number of para-hydroxylation sites is 1. The summed E-state index contributed by atoms with van der Waals surface area (Å²) in [4.78, 5) is 15.4. The second-order valence-corrected chi connectivity index (χ2v) is 14.7. The third kappa shape index (κ3) is 4.32. The van der Waals surface area contributed by atoms with Crippen molar-refractivity contribution in [2.45, 2.75) is 5.41 Å². The fourth-order valence-corrected chi connectivity index (χ4v) is 9.44. The van der Waals surface area contributed by atoms with E-state index in [2.05, 4.69) is 127 Å². The fraction of sp³-hybridized carbons (Fsp3) is 0.0192. The molecule has 0 radical (unpaired) electrons. The van der Waals surface area contributed by atoms with Crippen molar-refractivity contribution in [1.29, 1.82) is 0 Å². The molecule has 260 valence electrons. The van der Waals surface area contributed by atoms with Crippen LogP contribution in [0.15, 0.2) is 192 Å². The molecule has 4 nitrogen and oxygen atoms in total. The largest absolute Gasteiger partial charge is 0.456 e. The molecule has 8 aromatic carbocycles. The fourth-order valence-electron chi connectivity index (χ4n) is 9.44. The van der Waals surface area contributed by atoms with Crippen molar-refractivity contribution in [3.63, 3.8) is 0 Å². The Morgan fingerprint density at radius 1 is 0.321 bits per heavy atom. The van der Waals surface area contributed by atoms with Gasteiger partial charge in [-0.15, -0.1) is 0 Å². The smallest absolute Gasteiger partial charge is 0.164 e. The Balaban J connectivity index is 1.07. The van der Waals surface area contributed by atoms with Gasteiger partial charge >= 0.3 is 0 Å². The van der Waals surface area contributed by atoms with E-state index < -0.39 is 5.41 Å². The molecule has 0 bridgehead atoms. The maximum atomic E-state index is 6.16. The van der Waals surface area contributed by atoms with E-state index in [1.165, 1.54) is 50.1 Å². The molecule has 0 atom stereocenters. The zero-order chi connectivity index (χ0) is 36.8. The molecule has 0 amide bonds. The first-order valence-corrected chi connectivity index (χ1v) is 19.0. The zero-order valence-electron chi connectivity index (χ0n) is 30.1. The van der Waals surface area contributed by atoms with Crippen LogP contribution < -0.4 is 0 Å². The highest BCUT2D eigenvalue weighted by Crippen LogP contribution is 2.64. The first-order chi connectivity index (χ1) is 27.8. The van der Waals surface area contributed by atoms with Crippen LogP contribution in [-0.2, 0) is 5.41 Å². The summed E-state index contributed by atoms with van der Waals surface area (Å²) >= 11 is 0. The van der Waals surface area contributed by atoms with Crippen LogP contribution in [0.25, 0.3) is 89.5 Å². The highest BCUT2D eigenvalue weighted by atomic mass is 16.3. The van der Waals surface area contributed by atoms with Crippen molar-refractivity contribution in [2.24, 2.45) is 0 Å². The summed E-state index contributed by atoms with van der Waals surface area (Å²) in [6, 6.07) is 66.8. The van der Waals surface area contributed by atoms with Gasteiger partial charge < -0.3 is 4.42 Å². The van der Waals surface area contributed by atoms with Crippen molar-refractivity contribution in [3.8, 4) is 67.5 Å². The Bertz CT molecular complexity index is 3150. The molecule has 2 aromatic heterocycles. The second kappa shape index (κ2) is 11.8. The van der Waals surface area contributed by atoms with Crippen LogP contribution in [0.2, 0.25) is 0 Å². The molecular weight excluding hydrogens is 683 g/mol. The molecule has 56 heavy (non-hydrogen) atoms. The van der Waals surface area contributed by atoms with Crippen LogP contribution in [0.5, 0.6) is 0 Å². The van der Waals surface area contributed by atoms with Crippen molar-refractivity contribution < 1.29 is 4.42 Å². The van der Waals surface area contributed by atoms with Gasteiger partial charge in [0.25, 0.3) is 0 Å². The lowest BCUT2D eigenvalue weighted by Crippen LogP contribution is -2.26. The van der Waals surface area contributed by atoms with E-state index in [1.807, 2.05) is 60.7 Å². The molecule has 0 aliphatic heterocycles. The summed E-state index contributed by atoms with van der Waals surface area (Å²) in [6.45, 7) is 0. The van der Waals surface area contributed by atoms with Crippen LogP contribution in [0.4, 0.5) is 0 Å². The summed E-state index contributed by atoms with van der Waals surface area (Å²) in [5.74, 6) is 1.86. The normalized spacial score (nSPS) is 13.1. The maximum Gasteiger partial charge on any atom is 0.164 e. The van der Waals surface area contributed by atoms with Gasteiger partial charge in [-0.25, -0.2) is 15.0 Å². The van der Waals surface area contributed by atoms with Crippen LogP contribution in [0.3, 0.4) is 0 Å². The lowest BCUT2D eigenvalue weighted by Gasteiger charge is -2.32. The van der Waals surface area contributed by atoms with Gasteiger partial charge in [-0.2, -0.15) is 0 Å². The molecule has 4 heteroatoms. The molecular formula is C52H31N3O. The Hall–Kier alpha value is -7.43. The van der Waals surface area contributed by atoms with E-state index in [0.29, 0.717) is 17.5 Å². The van der Waals surface area contributed by atoms with Crippen LogP contribution in [-0.4, -0.2) is 15.0 Å². The van der Waals surface area contributed by atoms with Crippen molar-refractivity contribution in [2.75, 3.05) is 0 Å². The van der Waals surface area contributed by atoms with Crippen molar-refractivity contribution in [1.82, 2.24) is 15.0 Å². The second-order valence-electron chi connectivity index (χ2n) is 14.7. The monoisotopic (exact) mass is 713 g/mol. The van der Waals surface area contributed by atoms with Crippen LogP contribution in [0.1, 0.15) is 22.3 Å². The number of hydrogen-bond donors (Lipinski definition) is 0. The van der Waals surface area contributed by atoms with Gasteiger partial charge in [0.2, 0.25) is 0 Å². The van der Waals surface area contributed by atoms with Gasteiger partial charge in [0.15, 0.2) is 17.5 Å². The maximum absolute atomic E-state index is 6.16. The van der Waals surface area contributed by atoms with Gasteiger partial charge in [-0.3, -0.25) is 0 Å². The highest BCUT2D eigenvalue weighted by molar-refractivity contribution is 6.06. The number of aromatic nitrogens is 3. The predicted molar refractivity (Wildman–Crippen MR) is 225 cm³/mol. The van der Waals surface area contributed by atoms with E-state index in [0.717, 1.165) is 44.2 Å². The molecule has 1 spiro atoms. The van der Waals surface area contributed by atoms with Gasteiger partial charge in [0, 0.05) is 27.5 Å². The highest BCUT2D eigenvalue weighted by Gasteiger charge is 2.52. The third-order valence-electron chi connectivity index (χ3n) is 11.7. The average Bonchev–Trinajstić information content (AvgIpc) is 3.90. The van der Waals surface area contributed by atoms with Crippen LogP contribution in [0, 0.1) is 0 Å². The Morgan fingerprint density at radius 2 is 0.804 bits per heavy atom. The Labute approximate surface area is 323 Å². The third-order valence-corrected chi connectivity index (χ3v) is 11.7. The minimum absolute atomic E-state index is 0.456. The van der Waals surface area contributed by atoms with E-state index in [1.54, 1.807) is 0 Å². The lowest BCUT2D eigenvalue weighted by atomic mass is 9.68. The topological polar surface area (TPSA) is 51.8 Å². The average molecular weight is 714 g/mol. The Morgan fingerprint density at radius 3 is 1.52 bits per heavy atom. The molecule has 2 aliphatic rings. The molecule has 0 fully saturated rings. The summed E-state index contributed by atoms with van der Waals surface area (Å²) in [7, 11) is 0. The summed E-state index contributed by atoms with van der Waals surface area (Å²) in [5, 5.41) is 2.10. The number of benzene rings is 8. The first kappa shape index (κ1) is 31.0. The molecule has 2 heterocycles. The molecule has 2 aliphatic carbocycles. The number of nitrogens with zero attached hydrogens (tertiary/aromatic N) is 3. The molecule has 0 unspecified atom stereocenters. The first-order valence-electron chi connectivity index (χ1n) is 19.0. The minimum Gasteiger partial charge on any atom is -0.456 e. The van der Waals surface area contributed by atoms with Crippen molar-refractivity contribution >= 4 is 21.9 Å². The quantitative estimate of drug-likeness (QED) is 0.182. The van der Waals surface area contributed by atoms with E-state index in [4.69, 9.17) is 19.4 Å². The van der Waals surface area contributed by atoms with E-state index in [9.17, 15) is 0 Å².